The molecule has 2 N–H and O–H groups in total. The molecular weight excluding hydrogens is 629 g/mol. The lowest BCUT2D eigenvalue weighted by atomic mass is 10.1. The first-order valence-electron chi connectivity index (χ1n) is 14.9. The van der Waals surface area contributed by atoms with Crippen molar-refractivity contribution in [2.45, 2.75) is 50.7 Å². The van der Waals surface area contributed by atoms with E-state index in [1.807, 2.05) is 101 Å². The Morgan fingerprint density at radius 3 is 2.04 bits per heavy atom. The van der Waals surface area contributed by atoms with Gasteiger partial charge in [-0.15, -0.1) is 0 Å². The maximum Gasteiger partial charge on any atom is 0.374 e. The summed E-state index contributed by atoms with van der Waals surface area (Å²) in [4.78, 5) is 1.90. The maximum absolute atomic E-state index is 11.8. The van der Waals surface area contributed by atoms with Crippen molar-refractivity contribution in [3.05, 3.63) is 96.2 Å². The Morgan fingerprint density at radius 1 is 0.848 bits per heavy atom. The second-order valence-corrected chi connectivity index (χ2v) is 15.4. The lowest BCUT2D eigenvalue weighted by molar-refractivity contribution is -0.678. The molecule has 46 heavy (non-hydrogen) atoms. The summed E-state index contributed by atoms with van der Waals surface area (Å²) in [5.41, 5.74) is 2.94. The number of ether oxygens (including phenoxy) is 1. The zero-order chi connectivity index (χ0) is 32.8. The van der Waals surface area contributed by atoms with Crippen LogP contribution in [0, 0.1) is 0 Å². The van der Waals surface area contributed by atoms with Gasteiger partial charge in [0, 0.05) is 25.1 Å². The molecule has 1 aliphatic rings. The minimum Gasteiger partial charge on any atom is -0.439 e. The Morgan fingerprint density at radius 2 is 1.41 bits per heavy atom. The van der Waals surface area contributed by atoms with Crippen LogP contribution in [0.1, 0.15) is 39.5 Å². The van der Waals surface area contributed by atoms with Gasteiger partial charge in [-0.1, -0.05) is 48.5 Å². The average molecular weight is 664 g/mol. The van der Waals surface area contributed by atoms with Crippen molar-refractivity contribution in [3.63, 3.8) is 0 Å². The number of hydrogen-bond acceptors (Lipinski definition) is 7. The summed E-state index contributed by atoms with van der Waals surface area (Å²) in [6.07, 6.45) is 3.99. The first-order valence-corrected chi connectivity index (χ1v) is 17.9. The van der Waals surface area contributed by atoms with Gasteiger partial charge >= 0.3 is 5.89 Å². The number of fused-ring (bicyclic) bond motifs is 4. The first-order chi connectivity index (χ1) is 21.8. The van der Waals surface area contributed by atoms with Gasteiger partial charge in [0.05, 0.1) is 22.3 Å². The number of benzene rings is 4. The summed E-state index contributed by atoms with van der Waals surface area (Å²) in [5.74, 6) is 1.59. The third kappa shape index (κ3) is 6.52. The number of hydrogen-bond donors (Lipinski definition) is 2. The van der Waals surface area contributed by atoms with E-state index in [2.05, 4.69) is 0 Å². The van der Waals surface area contributed by atoms with E-state index in [-0.39, 0.29) is 25.9 Å². The largest absolute Gasteiger partial charge is 0.439 e. The molecule has 4 aromatic carbocycles. The Hall–Kier alpha value is -4.23. The van der Waals surface area contributed by atoms with Gasteiger partial charge in [0.15, 0.2) is 12.3 Å². The van der Waals surface area contributed by atoms with E-state index >= 15 is 0 Å². The van der Waals surface area contributed by atoms with Crippen molar-refractivity contribution < 1.29 is 39.7 Å². The van der Waals surface area contributed by atoms with Gasteiger partial charge < -0.3 is 14.1 Å². The summed E-state index contributed by atoms with van der Waals surface area (Å²) in [6, 6.07) is 23.6. The molecule has 12 heteroatoms. The van der Waals surface area contributed by atoms with Gasteiger partial charge in [-0.05, 0) is 72.5 Å². The lowest BCUT2D eigenvalue weighted by Crippen LogP contribution is -2.37. The number of aryl methyl sites for hydroxylation is 1. The van der Waals surface area contributed by atoms with Gasteiger partial charge in [-0.3, -0.25) is 9.11 Å². The summed E-state index contributed by atoms with van der Waals surface area (Å²) in [6.45, 7) is 5.36. The van der Waals surface area contributed by atoms with Crippen molar-refractivity contribution in [3.8, 4) is 5.75 Å². The monoisotopic (exact) mass is 663 g/mol. The van der Waals surface area contributed by atoms with Crippen molar-refractivity contribution in [1.82, 2.24) is 0 Å². The quantitative estimate of drug-likeness (QED) is 0.127. The molecule has 0 saturated heterocycles. The van der Waals surface area contributed by atoms with Crippen LogP contribution in [0.3, 0.4) is 0 Å². The van der Waals surface area contributed by atoms with Gasteiger partial charge in [-0.2, -0.15) is 21.4 Å². The molecular formula is C34H35N2O8S2+. The molecule has 1 aromatic heterocycles. The molecule has 0 spiro atoms. The van der Waals surface area contributed by atoms with E-state index < -0.39 is 30.7 Å². The van der Waals surface area contributed by atoms with E-state index in [0.29, 0.717) is 23.1 Å². The zero-order valence-electron chi connectivity index (χ0n) is 25.6. The van der Waals surface area contributed by atoms with Crippen LogP contribution in [0.4, 0.5) is 5.69 Å². The van der Waals surface area contributed by atoms with E-state index in [1.54, 1.807) is 0 Å². The predicted molar refractivity (Wildman–Crippen MR) is 179 cm³/mol. The molecule has 2 atom stereocenters. The Labute approximate surface area is 267 Å². The molecule has 0 amide bonds. The number of aromatic nitrogens is 1. The van der Waals surface area contributed by atoms with Crippen LogP contribution in [0.2, 0.25) is 0 Å². The highest BCUT2D eigenvalue weighted by molar-refractivity contribution is 7.86. The smallest absolute Gasteiger partial charge is 0.374 e. The van der Waals surface area contributed by atoms with Crippen LogP contribution >= 0.6 is 0 Å². The molecule has 0 aliphatic carbocycles. The number of rotatable bonds is 10. The minimum atomic E-state index is -4.21. The van der Waals surface area contributed by atoms with E-state index in [1.165, 1.54) is 13.8 Å². The average Bonchev–Trinajstić information content (AvgIpc) is 3.50. The van der Waals surface area contributed by atoms with E-state index in [4.69, 9.17) is 9.15 Å². The SMILES string of the molecule is CC(=Cc1oc2cc3ccccc3cc2[n+]1CCC(C)S(=O)(=O)O)C=C1Oc2cc3ccccc3cc2N1CCC(C)S(=O)(=O)O. The molecule has 2 heterocycles. The fourth-order valence-corrected chi connectivity index (χ4v) is 6.41. The normalized spacial score (nSPS) is 16.3. The second-order valence-electron chi connectivity index (χ2n) is 11.8. The van der Waals surface area contributed by atoms with Gasteiger partial charge in [0.25, 0.3) is 25.8 Å². The van der Waals surface area contributed by atoms with Crippen molar-refractivity contribution in [1.29, 1.82) is 0 Å². The molecule has 6 rings (SSSR count). The standard InChI is InChI=1S/C34H34N2O8S2/c1-22(16-33-35(14-12-23(2)45(37,38)39)29-18-25-8-4-6-10-27(25)20-31(29)43-33)17-34-36(15-13-24(3)46(40,41)42)30-19-26-9-5-7-11-28(26)21-32(30)44-34/h4-11,16-21,23-24H,12-15H2,1-3H3,(H-,37,38,39,40,41,42)/p+1. The first kappa shape index (κ1) is 31.7. The Bertz CT molecular complexity index is 2260. The summed E-state index contributed by atoms with van der Waals surface area (Å²) >= 11 is 0. The van der Waals surface area contributed by atoms with Crippen LogP contribution in [0.5, 0.6) is 5.75 Å². The van der Waals surface area contributed by atoms with Crippen molar-refractivity contribution >= 4 is 64.6 Å². The molecule has 2 unspecified atom stereocenters. The van der Waals surface area contributed by atoms with Crippen LogP contribution < -0.4 is 14.2 Å². The Balaban J connectivity index is 1.40. The summed E-state index contributed by atoms with van der Waals surface area (Å²) in [7, 11) is -8.42. The third-order valence-electron chi connectivity index (χ3n) is 8.43. The number of oxazole rings is 1. The van der Waals surface area contributed by atoms with Crippen LogP contribution in [0.15, 0.2) is 94.7 Å². The molecule has 0 saturated carbocycles. The topological polar surface area (TPSA) is 138 Å². The number of allylic oxidation sites excluding steroid dienone is 2. The highest BCUT2D eigenvalue weighted by Crippen LogP contribution is 2.42. The van der Waals surface area contributed by atoms with Gasteiger partial charge in [-0.25, -0.2) is 0 Å². The van der Waals surface area contributed by atoms with Gasteiger partial charge in [0.2, 0.25) is 11.5 Å². The minimum absolute atomic E-state index is 0.164. The number of anilines is 1. The van der Waals surface area contributed by atoms with Crippen LogP contribution in [0.25, 0.3) is 38.7 Å². The fourth-order valence-electron chi connectivity index (χ4n) is 5.60. The molecule has 5 aromatic rings. The number of nitrogens with zero attached hydrogens (tertiary/aromatic N) is 2. The third-order valence-corrected chi connectivity index (χ3v) is 10.9. The van der Waals surface area contributed by atoms with E-state index in [9.17, 15) is 25.9 Å². The van der Waals surface area contributed by atoms with Crippen LogP contribution in [-0.2, 0) is 26.8 Å². The predicted octanol–water partition coefficient (Wildman–Crippen LogP) is 6.50. The van der Waals surface area contributed by atoms with Crippen molar-refractivity contribution in [2.24, 2.45) is 0 Å². The zero-order valence-corrected chi connectivity index (χ0v) is 27.3. The maximum atomic E-state index is 11.8. The van der Waals surface area contributed by atoms with Gasteiger partial charge in [0.1, 0.15) is 0 Å². The Kier molecular flexibility index (Phi) is 8.40. The highest BCUT2D eigenvalue weighted by atomic mass is 32.2. The van der Waals surface area contributed by atoms with Crippen LogP contribution in [-0.4, -0.2) is 43.0 Å². The molecule has 240 valence electrons. The summed E-state index contributed by atoms with van der Waals surface area (Å²) in [5, 5.41) is 2.06. The molecule has 0 fully saturated rings. The highest BCUT2D eigenvalue weighted by Gasteiger charge is 2.30. The fraction of sp³-hybridized carbons (Fsp3) is 0.265. The second kappa shape index (κ2) is 12.2. The molecule has 10 nitrogen and oxygen atoms in total. The summed E-state index contributed by atoms with van der Waals surface area (Å²) < 4.78 is 80.8. The molecule has 0 radical (unpaired) electrons. The lowest BCUT2D eigenvalue weighted by Gasteiger charge is -2.20. The van der Waals surface area contributed by atoms with Crippen molar-refractivity contribution in [2.75, 3.05) is 11.4 Å². The molecule has 0 bridgehead atoms. The van der Waals surface area contributed by atoms with E-state index in [0.717, 1.165) is 38.3 Å². The molecule has 1 aliphatic heterocycles.